The summed E-state index contributed by atoms with van der Waals surface area (Å²) in [5.41, 5.74) is 9.59. The second kappa shape index (κ2) is 12.3. The molecule has 5 nitrogen and oxygen atoms in total. The number of aromatic nitrogens is 1. The Morgan fingerprint density at radius 3 is 2.42 bits per heavy atom. The molecule has 0 amide bonds. The van der Waals surface area contributed by atoms with Gasteiger partial charge in [-0.3, -0.25) is 0 Å². The van der Waals surface area contributed by atoms with Crippen molar-refractivity contribution in [1.82, 2.24) is 4.98 Å². The highest BCUT2D eigenvalue weighted by Crippen LogP contribution is 2.42. The number of nitrogens with zero attached hydrogens (tertiary/aromatic N) is 3. The van der Waals surface area contributed by atoms with Crippen molar-refractivity contribution in [3.8, 4) is 5.75 Å². The number of hydrogen-bond acceptors (Lipinski definition) is 6. The topological polar surface area (TPSA) is 61.6 Å². The molecule has 0 aliphatic rings. The van der Waals surface area contributed by atoms with Crippen molar-refractivity contribution < 1.29 is 4.74 Å². The number of nitrogens with one attached hydrogen (secondary N) is 1. The van der Waals surface area contributed by atoms with Gasteiger partial charge in [-0.15, -0.1) is 0 Å². The average Bonchev–Trinajstić information content (AvgIpc) is 3.12. The quantitative estimate of drug-likeness (QED) is 0.197. The zero-order valence-corrected chi connectivity index (χ0v) is 23.0. The zero-order valence-electron chi connectivity index (χ0n) is 20.1. The zero-order chi connectivity index (χ0) is 23.0. The van der Waals surface area contributed by atoms with E-state index in [4.69, 9.17) is 15.3 Å². The Kier molecular flexibility index (Phi) is 10.5. The number of fused-ring (bicyclic) bond motifs is 1. The van der Waals surface area contributed by atoms with Crippen LogP contribution in [0.2, 0.25) is 0 Å². The maximum atomic E-state index is 7.68. The third-order valence-corrected chi connectivity index (χ3v) is 7.39. The minimum absolute atomic E-state index is 0.326. The summed E-state index contributed by atoms with van der Waals surface area (Å²) in [6.07, 6.45) is 6.86. The number of rotatable bonds is 13. The van der Waals surface area contributed by atoms with Gasteiger partial charge >= 0.3 is 0 Å². The van der Waals surface area contributed by atoms with Crippen molar-refractivity contribution in [2.24, 2.45) is 16.4 Å². The molecule has 0 aliphatic heterocycles. The van der Waals surface area contributed by atoms with Gasteiger partial charge in [0.2, 0.25) is 0 Å². The molecule has 7 heteroatoms. The van der Waals surface area contributed by atoms with Gasteiger partial charge in [-0.05, 0) is 65.7 Å². The summed E-state index contributed by atoms with van der Waals surface area (Å²) in [6.45, 7) is 16.3. The summed E-state index contributed by atoms with van der Waals surface area (Å²) in [5.74, 6) is 1.30. The summed E-state index contributed by atoms with van der Waals surface area (Å²) in [5, 5.41) is 4.85. The monoisotopic (exact) mass is 558 g/mol. The third-order valence-electron chi connectivity index (χ3n) is 5.32. The van der Waals surface area contributed by atoms with Gasteiger partial charge in [-0.25, -0.2) is 10.5 Å². The van der Waals surface area contributed by atoms with Crippen LogP contribution in [-0.2, 0) is 0 Å². The Bertz CT molecular complexity index is 838. The molecule has 31 heavy (non-hydrogen) atoms. The van der Waals surface area contributed by atoms with Gasteiger partial charge in [0, 0.05) is 13.1 Å². The predicted molar refractivity (Wildman–Crippen MR) is 143 cm³/mol. The lowest BCUT2D eigenvalue weighted by Crippen LogP contribution is -2.25. The van der Waals surface area contributed by atoms with E-state index in [0.717, 1.165) is 38.4 Å². The smallest absolute Gasteiger partial charge is 0.186 e. The largest absolute Gasteiger partial charge is 0.490 e. The Morgan fingerprint density at radius 1 is 1.23 bits per heavy atom. The Morgan fingerprint density at radius 2 is 1.87 bits per heavy atom. The molecule has 174 valence electrons. The first-order valence-electron chi connectivity index (χ1n) is 11.6. The number of hydrogen-bond donors (Lipinski definition) is 1. The van der Waals surface area contributed by atoms with Crippen molar-refractivity contribution in [1.29, 1.82) is 5.53 Å². The molecule has 1 unspecified atom stereocenters. The first-order valence-corrected chi connectivity index (χ1v) is 13.5. The van der Waals surface area contributed by atoms with E-state index in [1.165, 1.54) is 32.1 Å². The molecule has 1 heterocycles. The minimum Gasteiger partial charge on any atom is -0.490 e. The van der Waals surface area contributed by atoms with E-state index >= 15 is 0 Å². The fourth-order valence-electron chi connectivity index (χ4n) is 3.85. The highest BCUT2D eigenvalue weighted by molar-refractivity contribution is 14.1. The summed E-state index contributed by atoms with van der Waals surface area (Å²) < 4.78 is 8.23. The molecule has 0 bridgehead atoms. The molecule has 1 aromatic heterocycles. The van der Waals surface area contributed by atoms with Crippen LogP contribution >= 0.6 is 33.9 Å². The number of thiazole rings is 1. The van der Waals surface area contributed by atoms with E-state index in [-0.39, 0.29) is 0 Å². The standard InChI is InChI=1S/C24H39IN4OS/c1-7-9-12-29(13-10-8-2)23-27-21-19(31-23)15-18(28-26)22(20(21)25)30-14-11-17(3)16-24(4,5)6/h15,17,26H,7-14,16H2,1-6H3. The van der Waals surface area contributed by atoms with Gasteiger partial charge in [0.25, 0.3) is 0 Å². The summed E-state index contributed by atoms with van der Waals surface area (Å²) >= 11 is 4.02. The number of halogens is 1. The van der Waals surface area contributed by atoms with Crippen LogP contribution in [0.15, 0.2) is 11.2 Å². The van der Waals surface area contributed by atoms with Crippen LogP contribution in [0, 0.1) is 20.4 Å². The maximum Gasteiger partial charge on any atom is 0.186 e. The fraction of sp³-hybridized carbons (Fsp3) is 0.708. The number of ether oxygens (including phenoxy) is 1. The van der Waals surface area contributed by atoms with Gasteiger partial charge in [0.15, 0.2) is 10.9 Å². The lowest BCUT2D eigenvalue weighted by atomic mass is 9.84. The molecule has 1 atom stereocenters. The first-order chi connectivity index (χ1) is 14.7. The van der Waals surface area contributed by atoms with Crippen LogP contribution in [0.3, 0.4) is 0 Å². The van der Waals surface area contributed by atoms with E-state index in [2.05, 4.69) is 74.1 Å². The second-order valence-corrected chi connectivity index (χ2v) is 11.8. The molecule has 2 rings (SSSR count). The maximum absolute atomic E-state index is 7.68. The normalized spacial score (nSPS) is 12.9. The average molecular weight is 559 g/mol. The molecule has 2 aromatic rings. The lowest BCUT2D eigenvalue weighted by molar-refractivity contribution is 0.240. The van der Waals surface area contributed by atoms with E-state index < -0.39 is 0 Å². The SMILES string of the molecule is CCCCN(CCCC)c1nc2c(I)c(OCCC(C)CC(C)(C)C)c(N=N)cc2s1. The van der Waals surface area contributed by atoms with Crippen LogP contribution < -0.4 is 9.64 Å². The van der Waals surface area contributed by atoms with Crippen LogP contribution in [0.4, 0.5) is 10.8 Å². The van der Waals surface area contributed by atoms with Gasteiger partial charge in [-0.1, -0.05) is 65.7 Å². The van der Waals surface area contributed by atoms with E-state index in [0.29, 0.717) is 29.4 Å². The number of unbranched alkanes of at least 4 members (excludes halogenated alkanes) is 2. The molecule has 0 aliphatic carbocycles. The molecule has 1 aromatic carbocycles. The Labute approximate surface area is 206 Å². The molecule has 0 spiro atoms. The molecule has 0 saturated heterocycles. The van der Waals surface area contributed by atoms with Crippen molar-refractivity contribution >= 4 is 55.0 Å². The van der Waals surface area contributed by atoms with Gasteiger partial charge in [-0.2, -0.15) is 5.11 Å². The van der Waals surface area contributed by atoms with Gasteiger partial charge in [0.05, 0.1) is 14.9 Å². The molecule has 0 radical (unpaired) electrons. The number of anilines is 1. The Balaban J connectivity index is 2.24. The van der Waals surface area contributed by atoms with Gasteiger partial charge < -0.3 is 9.64 Å². The third kappa shape index (κ3) is 7.84. The molecule has 1 N–H and O–H groups in total. The molecular weight excluding hydrogens is 519 g/mol. The van der Waals surface area contributed by atoms with Gasteiger partial charge in [0.1, 0.15) is 11.2 Å². The summed E-state index contributed by atoms with van der Waals surface area (Å²) in [7, 11) is 0. The van der Waals surface area contributed by atoms with E-state index in [1.807, 2.05) is 6.07 Å². The van der Waals surface area contributed by atoms with Crippen molar-refractivity contribution in [2.75, 3.05) is 24.6 Å². The molecule has 0 fully saturated rings. The van der Waals surface area contributed by atoms with Crippen molar-refractivity contribution in [3.63, 3.8) is 0 Å². The number of benzene rings is 1. The first kappa shape index (κ1) is 26.3. The van der Waals surface area contributed by atoms with E-state index in [1.54, 1.807) is 11.3 Å². The highest BCUT2D eigenvalue weighted by atomic mass is 127. The molecule has 0 saturated carbocycles. The minimum atomic E-state index is 0.326. The fourth-order valence-corrected chi connectivity index (χ4v) is 5.94. The second-order valence-electron chi connectivity index (χ2n) is 9.70. The summed E-state index contributed by atoms with van der Waals surface area (Å²) in [4.78, 5) is 7.42. The van der Waals surface area contributed by atoms with Crippen molar-refractivity contribution in [3.05, 3.63) is 9.64 Å². The molecular formula is C24H39IN4OS. The van der Waals surface area contributed by atoms with Crippen LogP contribution in [0.5, 0.6) is 5.75 Å². The lowest BCUT2D eigenvalue weighted by Gasteiger charge is -2.23. The van der Waals surface area contributed by atoms with Crippen molar-refractivity contribution in [2.45, 2.75) is 80.1 Å². The van der Waals surface area contributed by atoms with Crippen LogP contribution in [0.1, 0.15) is 80.1 Å². The van der Waals surface area contributed by atoms with Crippen LogP contribution in [0.25, 0.3) is 10.2 Å². The van der Waals surface area contributed by atoms with Crippen LogP contribution in [-0.4, -0.2) is 24.7 Å². The summed E-state index contributed by atoms with van der Waals surface area (Å²) in [6, 6.07) is 1.97. The van der Waals surface area contributed by atoms with E-state index in [9.17, 15) is 0 Å². The predicted octanol–water partition coefficient (Wildman–Crippen LogP) is 8.81. The highest BCUT2D eigenvalue weighted by Gasteiger charge is 2.20. The Hall–Kier alpha value is -0.960.